The lowest BCUT2D eigenvalue weighted by Gasteiger charge is -2.10. The van der Waals surface area contributed by atoms with Crippen molar-refractivity contribution < 1.29 is 21.9 Å². The van der Waals surface area contributed by atoms with Crippen LogP contribution in [0.5, 0.6) is 5.75 Å². The summed E-state index contributed by atoms with van der Waals surface area (Å²) in [6.07, 6.45) is 0. The summed E-state index contributed by atoms with van der Waals surface area (Å²) in [6.45, 7) is -0.0675. The van der Waals surface area contributed by atoms with E-state index in [0.717, 1.165) is 4.47 Å². The van der Waals surface area contributed by atoms with Gasteiger partial charge in [-0.25, -0.2) is 22.3 Å². The first kappa shape index (κ1) is 15.9. The van der Waals surface area contributed by atoms with Gasteiger partial charge in [0.15, 0.2) is 17.4 Å². The Morgan fingerprint density at radius 3 is 2.29 bits per heavy atom. The predicted molar refractivity (Wildman–Crippen MR) is 76.2 cm³/mol. The van der Waals surface area contributed by atoms with Gasteiger partial charge in [0.25, 0.3) is 0 Å². The summed E-state index contributed by atoms with van der Waals surface area (Å²) in [5.74, 6) is -2.91. The predicted octanol–water partition coefficient (Wildman–Crippen LogP) is 2.95. The van der Waals surface area contributed by atoms with Crippen LogP contribution in [0.3, 0.4) is 0 Å². The first-order chi connectivity index (χ1) is 9.77. The Labute approximate surface area is 128 Å². The zero-order chi connectivity index (χ0) is 15.6. The van der Waals surface area contributed by atoms with Crippen molar-refractivity contribution >= 4 is 26.0 Å². The Morgan fingerprint density at radius 2 is 1.76 bits per heavy atom. The lowest BCUT2D eigenvalue weighted by molar-refractivity contribution is 0.273. The van der Waals surface area contributed by atoms with Gasteiger partial charge in [0.1, 0.15) is 6.61 Å². The molecule has 21 heavy (non-hydrogen) atoms. The summed E-state index contributed by atoms with van der Waals surface area (Å²) >= 11 is 3.26. The highest BCUT2D eigenvalue weighted by atomic mass is 79.9. The molecule has 0 saturated heterocycles. The number of nitrogens with two attached hydrogens (primary N) is 1. The number of halogens is 3. The smallest absolute Gasteiger partial charge is 0.238 e. The molecule has 2 N–H and O–H groups in total. The highest BCUT2D eigenvalue weighted by molar-refractivity contribution is 9.10. The molecule has 0 heterocycles. The maximum Gasteiger partial charge on any atom is 0.238 e. The molecule has 112 valence electrons. The van der Waals surface area contributed by atoms with Crippen molar-refractivity contribution in [1.82, 2.24) is 0 Å². The second-order valence-corrected chi connectivity index (χ2v) is 6.66. The van der Waals surface area contributed by atoms with Gasteiger partial charge in [-0.05, 0) is 29.8 Å². The van der Waals surface area contributed by atoms with Crippen LogP contribution < -0.4 is 9.88 Å². The Bertz CT molecular complexity index is 758. The van der Waals surface area contributed by atoms with E-state index in [-0.39, 0.29) is 6.61 Å². The molecule has 0 aromatic heterocycles. The van der Waals surface area contributed by atoms with Crippen LogP contribution >= 0.6 is 15.9 Å². The highest BCUT2D eigenvalue weighted by Crippen LogP contribution is 2.26. The molecule has 0 bridgehead atoms. The molecule has 2 aromatic rings. The van der Waals surface area contributed by atoms with E-state index in [1.54, 1.807) is 24.3 Å². The number of hydrogen-bond acceptors (Lipinski definition) is 3. The van der Waals surface area contributed by atoms with Gasteiger partial charge >= 0.3 is 0 Å². The molecular weight excluding hydrogens is 368 g/mol. The molecular formula is C13H10BrF2NO3S. The van der Waals surface area contributed by atoms with Gasteiger partial charge in [0, 0.05) is 4.47 Å². The van der Waals surface area contributed by atoms with E-state index in [1.807, 2.05) is 0 Å². The molecule has 0 fully saturated rings. The fraction of sp³-hybridized carbons (Fsp3) is 0.0769. The van der Waals surface area contributed by atoms with Gasteiger partial charge in [0.05, 0.1) is 4.90 Å². The summed E-state index contributed by atoms with van der Waals surface area (Å²) in [7, 11) is -4.18. The highest BCUT2D eigenvalue weighted by Gasteiger charge is 2.18. The largest absolute Gasteiger partial charge is 0.483 e. The molecule has 8 heteroatoms. The van der Waals surface area contributed by atoms with E-state index in [0.29, 0.717) is 17.7 Å². The minimum atomic E-state index is -4.18. The Morgan fingerprint density at radius 1 is 1.14 bits per heavy atom. The molecule has 0 atom stereocenters. The van der Waals surface area contributed by atoms with E-state index in [2.05, 4.69) is 15.9 Å². The van der Waals surface area contributed by atoms with Crippen LogP contribution in [-0.4, -0.2) is 8.42 Å². The van der Waals surface area contributed by atoms with Crippen LogP contribution in [0.15, 0.2) is 45.8 Å². The molecule has 0 radical (unpaired) electrons. The summed E-state index contributed by atoms with van der Waals surface area (Å²) in [4.78, 5) is -0.646. The normalized spacial score (nSPS) is 11.4. The quantitative estimate of drug-likeness (QED) is 0.890. The number of benzene rings is 2. The summed E-state index contributed by atoms with van der Waals surface area (Å²) in [5.41, 5.74) is 0.693. The molecule has 2 rings (SSSR count). The summed E-state index contributed by atoms with van der Waals surface area (Å²) in [5, 5.41) is 4.82. The number of primary sulfonamides is 1. The Balaban J connectivity index is 2.25. The number of hydrogen-bond donors (Lipinski definition) is 1. The van der Waals surface area contributed by atoms with Crippen LogP contribution in [0.2, 0.25) is 0 Å². The fourth-order valence-electron chi connectivity index (χ4n) is 1.62. The topological polar surface area (TPSA) is 69.4 Å². The number of ether oxygens (including phenoxy) is 1. The Hall–Kier alpha value is -1.51. The van der Waals surface area contributed by atoms with Gasteiger partial charge in [0.2, 0.25) is 10.0 Å². The number of rotatable bonds is 4. The average Bonchev–Trinajstić information content (AvgIpc) is 2.36. The minimum absolute atomic E-state index is 0.0675. The fourth-order valence-corrected chi connectivity index (χ4v) is 2.60. The molecule has 4 nitrogen and oxygen atoms in total. The monoisotopic (exact) mass is 377 g/mol. The van der Waals surface area contributed by atoms with Crippen LogP contribution in [0.1, 0.15) is 5.56 Å². The second-order valence-electron chi connectivity index (χ2n) is 4.18. The first-order valence-electron chi connectivity index (χ1n) is 5.66. The maximum absolute atomic E-state index is 13.7. The molecule has 0 aliphatic rings. The van der Waals surface area contributed by atoms with Gasteiger partial charge in [-0.15, -0.1) is 0 Å². The molecule has 2 aromatic carbocycles. The van der Waals surface area contributed by atoms with Crippen LogP contribution in [0.25, 0.3) is 0 Å². The van der Waals surface area contributed by atoms with E-state index in [9.17, 15) is 17.2 Å². The van der Waals surface area contributed by atoms with Gasteiger partial charge < -0.3 is 4.74 Å². The first-order valence-corrected chi connectivity index (χ1v) is 8.00. The average molecular weight is 378 g/mol. The Kier molecular flexibility index (Phi) is 4.60. The molecule has 0 aliphatic carbocycles. The maximum atomic E-state index is 13.7. The lowest BCUT2D eigenvalue weighted by Crippen LogP contribution is -2.13. The molecule has 0 aliphatic heterocycles. The molecule has 0 spiro atoms. The lowest BCUT2D eigenvalue weighted by atomic mass is 10.2. The second kappa shape index (κ2) is 6.08. The summed E-state index contributed by atoms with van der Waals surface area (Å²) < 4.78 is 55.5. The van der Waals surface area contributed by atoms with Crippen LogP contribution in [0, 0.1) is 11.6 Å². The third-order valence-corrected chi connectivity index (χ3v) is 3.96. The summed E-state index contributed by atoms with van der Waals surface area (Å²) in [6, 6.07) is 8.24. The SMILES string of the molecule is NS(=O)(=O)c1cc(F)c(OCc2cccc(Br)c2)c(F)c1. The van der Waals surface area contributed by atoms with E-state index >= 15 is 0 Å². The minimum Gasteiger partial charge on any atom is -0.483 e. The van der Waals surface area contributed by atoms with Crippen molar-refractivity contribution in [2.75, 3.05) is 0 Å². The zero-order valence-corrected chi connectivity index (χ0v) is 12.9. The third kappa shape index (κ3) is 3.99. The van der Waals surface area contributed by atoms with Crippen molar-refractivity contribution in [2.45, 2.75) is 11.5 Å². The van der Waals surface area contributed by atoms with Gasteiger partial charge in [-0.3, -0.25) is 0 Å². The molecule has 0 unspecified atom stereocenters. The van der Waals surface area contributed by atoms with Crippen molar-refractivity contribution in [2.24, 2.45) is 5.14 Å². The van der Waals surface area contributed by atoms with Crippen molar-refractivity contribution in [3.05, 3.63) is 58.1 Å². The molecule has 0 amide bonds. The van der Waals surface area contributed by atoms with Crippen molar-refractivity contribution in [3.63, 3.8) is 0 Å². The zero-order valence-electron chi connectivity index (χ0n) is 10.5. The van der Waals surface area contributed by atoms with E-state index in [1.165, 1.54) is 0 Å². The van der Waals surface area contributed by atoms with E-state index < -0.39 is 32.3 Å². The van der Waals surface area contributed by atoms with Crippen molar-refractivity contribution in [1.29, 1.82) is 0 Å². The van der Waals surface area contributed by atoms with E-state index in [4.69, 9.17) is 9.88 Å². The molecule has 0 saturated carbocycles. The van der Waals surface area contributed by atoms with Gasteiger partial charge in [-0.1, -0.05) is 28.1 Å². The standard InChI is InChI=1S/C13H10BrF2NO3S/c14-9-3-1-2-8(4-9)7-20-13-11(15)5-10(6-12(13)16)21(17,18)19/h1-6H,7H2,(H2,17,18,19). The van der Waals surface area contributed by atoms with Gasteiger partial charge in [-0.2, -0.15) is 0 Å². The van der Waals surface area contributed by atoms with Crippen LogP contribution in [0.4, 0.5) is 8.78 Å². The van der Waals surface area contributed by atoms with Crippen molar-refractivity contribution in [3.8, 4) is 5.75 Å². The third-order valence-electron chi connectivity index (χ3n) is 2.57. The number of sulfonamides is 1. The van der Waals surface area contributed by atoms with Crippen LogP contribution in [-0.2, 0) is 16.6 Å².